The largest absolute Gasteiger partial charge is 0.481 e. The van der Waals surface area contributed by atoms with Gasteiger partial charge in [-0.2, -0.15) is 22.0 Å². The number of hydrogen-bond donors (Lipinski definition) is 3. The molecule has 0 unspecified atom stereocenters. The van der Waals surface area contributed by atoms with Crippen molar-refractivity contribution in [2.24, 2.45) is 0 Å². The van der Waals surface area contributed by atoms with Crippen LogP contribution >= 0.6 is 23.2 Å². The van der Waals surface area contributed by atoms with Crippen molar-refractivity contribution in [3.05, 3.63) is 105 Å². The normalized spacial score (nSPS) is 14.8. The van der Waals surface area contributed by atoms with Gasteiger partial charge in [0.1, 0.15) is 5.65 Å². The Morgan fingerprint density at radius 2 is 1.59 bits per heavy atom. The van der Waals surface area contributed by atoms with Crippen molar-refractivity contribution in [3.8, 4) is 39.4 Å². The summed E-state index contributed by atoms with van der Waals surface area (Å²) in [6.07, 6.45) is -3.19. The number of carbonyl (C=O) groups is 1. The summed E-state index contributed by atoms with van der Waals surface area (Å²) in [6.45, 7) is 0.924. The van der Waals surface area contributed by atoms with Crippen molar-refractivity contribution >= 4 is 34.8 Å². The number of alkyl halides is 5. The zero-order chi connectivity index (χ0) is 38.6. The van der Waals surface area contributed by atoms with Crippen molar-refractivity contribution in [3.63, 3.8) is 0 Å². The summed E-state index contributed by atoms with van der Waals surface area (Å²) in [6, 6.07) is 18.4. The summed E-state index contributed by atoms with van der Waals surface area (Å²) in [5, 5.41) is 9.86. The maximum atomic E-state index is 13.2. The average Bonchev–Trinajstić information content (AvgIpc) is 3.56. The number of methoxy groups -OCH3 is 1. The molecule has 4 heterocycles. The number of pyridine rings is 2. The number of hydrogen-bond acceptors (Lipinski definition) is 7. The molecular formula is C38H35Cl2F5N6O3. The molecule has 1 fully saturated rings. The summed E-state index contributed by atoms with van der Waals surface area (Å²) in [4.78, 5) is 33.8. The predicted molar refractivity (Wildman–Crippen MR) is 197 cm³/mol. The molecule has 0 radical (unpaired) electrons. The van der Waals surface area contributed by atoms with E-state index < -0.39 is 30.5 Å². The summed E-state index contributed by atoms with van der Waals surface area (Å²) >= 11 is 14.1. The monoisotopic (exact) mass is 788 g/mol. The summed E-state index contributed by atoms with van der Waals surface area (Å²) in [7, 11) is 1.55. The van der Waals surface area contributed by atoms with Gasteiger partial charge in [0, 0.05) is 84.3 Å². The Morgan fingerprint density at radius 1 is 0.907 bits per heavy atom. The minimum Gasteiger partial charge on any atom is -0.481 e. The van der Waals surface area contributed by atoms with Gasteiger partial charge < -0.3 is 20.7 Å². The van der Waals surface area contributed by atoms with Gasteiger partial charge in [0.05, 0.1) is 22.8 Å². The molecule has 16 heteroatoms. The van der Waals surface area contributed by atoms with Crippen LogP contribution in [-0.4, -0.2) is 58.6 Å². The van der Waals surface area contributed by atoms with Crippen molar-refractivity contribution in [1.82, 2.24) is 30.3 Å². The van der Waals surface area contributed by atoms with E-state index in [9.17, 15) is 31.5 Å². The van der Waals surface area contributed by atoms with Crippen LogP contribution in [0.2, 0.25) is 10.0 Å². The average molecular weight is 790 g/mol. The highest BCUT2D eigenvalue weighted by Gasteiger charge is 2.56. The van der Waals surface area contributed by atoms with Crippen LogP contribution in [0.5, 0.6) is 5.88 Å². The molecule has 5 aromatic rings. The van der Waals surface area contributed by atoms with Crippen molar-refractivity contribution in [2.75, 3.05) is 20.2 Å². The van der Waals surface area contributed by atoms with Crippen LogP contribution < -0.4 is 26.2 Å². The number of ether oxygens (including phenoxy) is 1. The summed E-state index contributed by atoms with van der Waals surface area (Å²) in [5.41, 5.74) is 4.88. The number of carbonyl (C=O) groups excluding carboxylic acids is 1. The SMILES string of the molecule is COc1nc(-c2cccc(-c3cccc(-c4ccn5c(=O)c(CNCCCC(F)(F)C(F)(F)F)cnc5c4)c3Cl)c2Cl)ccc1CNC[C@H]1CCC(=O)N1. The fourth-order valence-electron chi connectivity index (χ4n) is 6.24. The highest BCUT2D eigenvalue weighted by Crippen LogP contribution is 2.43. The Bertz CT molecular complexity index is 2230. The van der Waals surface area contributed by atoms with Crippen molar-refractivity contribution in [2.45, 2.75) is 56.9 Å². The molecule has 54 heavy (non-hydrogen) atoms. The molecule has 284 valence electrons. The van der Waals surface area contributed by atoms with Gasteiger partial charge in [-0.15, -0.1) is 0 Å². The van der Waals surface area contributed by atoms with Gasteiger partial charge in [-0.3, -0.25) is 14.0 Å². The Hall–Kier alpha value is -4.63. The first-order chi connectivity index (χ1) is 25.8. The minimum atomic E-state index is -5.60. The molecular weight excluding hydrogens is 754 g/mol. The van der Waals surface area contributed by atoms with E-state index in [0.29, 0.717) is 74.6 Å². The summed E-state index contributed by atoms with van der Waals surface area (Å²) < 4.78 is 70.5. The molecule has 1 amide bonds. The van der Waals surface area contributed by atoms with Gasteiger partial charge in [-0.1, -0.05) is 65.7 Å². The molecule has 6 rings (SSSR count). The Labute approximate surface area is 316 Å². The topological polar surface area (TPSA) is 110 Å². The summed E-state index contributed by atoms with van der Waals surface area (Å²) in [5.74, 6) is -4.27. The molecule has 1 aliphatic heterocycles. The highest BCUT2D eigenvalue weighted by atomic mass is 35.5. The van der Waals surface area contributed by atoms with Gasteiger partial charge in [-0.25, -0.2) is 9.97 Å². The number of rotatable bonds is 14. The molecule has 0 bridgehead atoms. The van der Waals surface area contributed by atoms with Gasteiger partial charge in [-0.05, 0) is 43.1 Å². The lowest BCUT2D eigenvalue weighted by Crippen LogP contribution is -2.37. The van der Waals surface area contributed by atoms with Crippen molar-refractivity contribution < 1.29 is 31.5 Å². The third kappa shape index (κ3) is 8.51. The quantitative estimate of drug-likeness (QED) is 0.0778. The first kappa shape index (κ1) is 39.1. The van der Waals surface area contributed by atoms with E-state index in [-0.39, 0.29) is 30.6 Å². The van der Waals surface area contributed by atoms with Gasteiger partial charge in [0.15, 0.2) is 0 Å². The molecule has 1 aliphatic rings. The van der Waals surface area contributed by atoms with Crippen LogP contribution in [0.15, 0.2) is 77.9 Å². The Balaban J connectivity index is 1.18. The zero-order valence-corrected chi connectivity index (χ0v) is 30.4. The van der Waals surface area contributed by atoms with Gasteiger partial charge in [0.2, 0.25) is 11.8 Å². The van der Waals surface area contributed by atoms with Gasteiger partial charge in [0.25, 0.3) is 5.56 Å². The molecule has 2 aromatic carbocycles. The highest BCUT2D eigenvalue weighted by molar-refractivity contribution is 6.39. The maximum absolute atomic E-state index is 13.2. The first-order valence-electron chi connectivity index (χ1n) is 17.0. The Kier molecular flexibility index (Phi) is 11.9. The molecule has 1 saturated heterocycles. The third-order valence-corrected chi connectivity index (χ3v) is 9.97. The van der Waals surface area contributed by atoms with E-state index in [1.54, 1.807) is 19.2 Å². The van der Waals surface area contributed by atoms with E-state index in [0.717, 1.165) is 12.0 Å². The van der Waals surface area contributed by atoms with E-state index in [2.05, 4.69) is 20.9 Å². The first-order valence-corrected chi connectivity index (χ1v) is 17.8. The lowest BCUT2D eigenvalue weighted by molar-refractivity contribution is -0.284. The second kappa shape index (κ2) is 16.4. The predicted octanol–water partition coefficient (Wildman–Crippen LogP) is 7.84. The fourth-order valence-corrected chi connectivity index (χ4v) is 6.91. The smallest absolute Gasteiger partial charge is 0.453 e. The standard InChI is InChI=1S/C38H35Cl2F5N6O3/c1-54-35-23(18-47-21-25-10-12-32(52)49-25)9-11-30(50-35)29-8-3-7-28(34(29)40)27-6-2-5-26(33(27)39)22-13-16-51-31(17-22)48-20-24(36(51)53)19-46-15-4-14-37(41,42)38(43,44)45/h2-3,5-9,11,13,16-17,20,25,46-47H,4,10,12,14-15,18-19,21H2,1H3,(H,49,52)/t25-/m1/s1. The molecule has 0 saturated carbocycles. The Morgan fingerprint density at radius 3 is 2.28 bits per heavy atom. The number of nitrogens with zero attached hydrogens (tertiary/aromatic N) is 3. The van der Waals surface area contributed by atoms with Crippen LogP contribution in [0.1, 0.15) is 36.8 Å². The van der Waals surface area contributed by atoms with Crippen LogP contribution in [-0.2, 0) is 17.9 Å². The minimum absolute atomic E-state index is 0.0617. The van der Waals surface area contributed by atoms with Crippen molar-refractivity contribution in [1.29, 1.82) is 0 Å². The van der Waals surface area contributed by atoms with Crippen LogP contribution in [0.25, 0.3) is 39.2 Å². The van der Waals surface area contributed by atoms with Crippen LogP contribution in [0, 0.1) is 0 Å². The third-order valence-electron chi connectivity index (χ3n) is 9.15. The number of nitrogens with one attached hydrogen (secondary N) is 3. The number of halogens is 7. The van der Waals surface area contributed by atoms with Gasteiger partial charge >= 0.3 is 12.1 Å². The molecule has 3 N–H and O–H groups in total. The lowest BCUT2D eigenvalue weighted by atomic mass is 9.97. The van der Waals surface area contributed by atoms with Crippen LogP contribution in [0.4, 0.5) is 22.0 Å². The van der Waals surface area contributed by atoms with E-state index >= 15 is 0 Å². The molecule has 0 spiro atoms. The number of fused-ring (bicyclic) bond motifs is 1. The van der Waals surface area contributed by atoms with Crippen LogP contribution in [0.3, 0.4) is 0 Å². The molecule has 1 atom stereocenters. The molecule has 3 aromatic heterocycles. The number of aromatic nitrogens is 3. The molecule has 9 nitrogen and oxygen atoms in total. The number of amides is 1. The lowest BCUT2D eigenvalue weighted by Gasteiger charge is -2.19. The van der Waals surface area contributed by atoms with E-state index in [4.69, 9.17) is 32.9 Å². The number of benzene rings is 2. The van der Waals surface area contributed by atoms with E-state index in [1.165, 1.54) is 16.8 Å². The second-order valence-electron chi connectivity index (χ2n) is 12.8. The maximum Gasteiger partial charge on any atom is 0.453 e. The zero-order valence-electron chi connectivity index (χ0n) is 28.9. The second-order valence-corrected chi connectivity index (χ2v) is 13.6. The van der Waals surface area contributed by atoms with E-state index in [1.807, 2.05) is 48.5 Å². The molecule has 0 aliphatic carbocycles. The fraction of sp³-hybridized carbons (Fsp3) is 0.316.